The van der Waals surface area contributed by atoms with Gasteiger partial charge in [-0.15, -0.1) is 0 Å². The maximum absolute atomic E-state index is 12.7. The van der Waals surface area contributed by atoms with Crippen molar-refractivity contribution in [2.75, 3.05) is 0 Å². The smallest absolute Gasteiger partial charge is 0.428 e. The minimum absolute atomic E-state index is 0. The molecule has 0 unspecified atom stereocenters. The van der Waals surface area contributed by atoms with Crippen LogP contribution in [-0.4, -0.2) is 12.5 Å². The number of benzene rings is 2. The lowest BCUT2D eigenvalue weighted by molar-refractivity contribution is -0.253. The summed E-state index contributed by atoms with van der Waals surface area (Å²) in [5.41, 5.74) is 3.49. The van der Waals surface area contributed by atoms with E-state index in [0.29, 0.717) is 0 Å². The van der Waals surface area contributed by atoms with Crippen LogP contribution in [-0.2, 0) is 10.8 Å². The molecular formula is C24H34F4O. The van der Waals surface area contributed by atoms with Gasteiger partial charge in [0.15, 0.2) is 0 Å². The Morgan fingerprint density at radius 2 is 1.24 bits per heavy atom. The van der Waals surface area contributed by atoms with E-state index in [1.165, 1.54) is 29.3 Å². The molecule has 0 aliphatic heterocycles. The van der Waals surface area contributed by atoms with Crippen molar-refractivity contribution in [2.45, 2.75) is 79.3 Å². The maximum atomic E-state index is 12.7. The van der Waals surface area contributed by atoms with E-state index >= 15 is 0 Å². The Morgan fingerprint density at radius 3 is 1.66 bits per heavy atom. The number of rotatable bonds is 3. The van der Waals surface area contributed by atoms with Crippen molar-refractivity contribution in [1.82, 2.24) is 0 Å². The summed E-state index contributed by atoms with van der Waals surface area (Å²) < 4.78 is 53.3. The molecule has 164 valence electrons. The third-order valence-electron chi connectivity index (χ3n) is 4.13. The van der Waals surface area contributed by atoms with Crippen LogP contribution in [0, 0.1) is 6.92 Å². The van der Waals surface area contributed by atoms with Crippen LogP contribution in [0.5, 0.6) is 5.75 Å². The third kappa shape index (κ3) is 8.88. The Balaban J connectivity index is 0.000000568. The predicted octanol–water partition coefficient (Wildman–Crippen LogP) is 8.15. The van der Waals surface area contributed by atoms with Gasteiger partial charge in [-0.05, 0) is 41.0 Å². The highest BCUT2D eigenvalue weighted by molar-refractivity contribution is 5.32. The molecule has 2 aromatic rings. The average molecular weight is 415 g/mol. The number of hydrogen-bond donors (Lipinski definition) is 0. The Morgan fingerprint density at radius 1 is 0.759 bits per heavy atom. The second kappa shape index (κ2) is 10.1. The summed E-state index contributed by atoms with van der Waals surface area (Å²) in [5.74, 6) is -0.261. The zero-order valence-corrected chi connectivity index (χ0v) is 17.6. The van der Waals surface area contributed by atoms with Crippen LogP contribution in [0.3, 0.4) is 0 Å². The van der Waals surface area contributed by atoms with Gasteiger partial charge in [-0.3, -0.25) is 0 Å². The number of aryl methyl sites for hydroxylation is 1. The maximum Gasteiger partial charge on any atom is 0.461 e. The van der Waals surface area contributed by atoms with Gasteiger partial charge in [0.25, 0.3) is 0 Å². The minimum atomic E-state index is -4.46. The molecule has 2 rings (SSSR count). The molecule has 0 spiro atoms. The molecule has 1 nitrogen and oxygen atoms in total. The van der Waals surface area contributed by atoms with Gasteiger partial charge in [-0.25, -0.2) is 0 Å². The van der Waals surface area contributed by atoms with Crippen molar-refractivity contribution in [3.8, 4) is 5.75 Å². The molecule has 0 amide bonds. The average Bonchev–Trinajstić information content (AvgIpc) is 2.54. The zero-order chi connectivity index (χ0) is 21.8. The molecule has 0 atom stereocenters. The van der Waals surface area contributed by atoms with Crippen LogP contribution in [0.25, 0.3) is 0 Å². The third-order valence-corrected chi connectivity index (χ3v) is 4.13. The quantitative estimate of drug-likeness (QED) is 0.460. The first kappa shape index (κ1) is 27.0. The summed E-state index contributed by atoms with van der Waals surface area (Å²) in [5, 5.41) is 0. The van der Waals surface area contributed by atoms with Crippen LogP contribution in [0.1, 0.15) is 65.7 Å². The molecule has 0 N–H and O–H groups in total. The topological polar surface area (TPSA) is 9.23 Å². The molecule has 0 bridgehead atoms. The summed E-state index contributed by atoms with van der Waals surface area (Å²) in [6, 6.07) is 14.5. The van der Waals surface area contributed by atoms with Crippen LogP contribution >= 0.6 is 0 Å². The van der Waals surface area contributed by atoms with E-state index in [-0.39, 0.29) is 24.0 Å². The van der Waals surface area contributed by atoms with E-state index < -0.39 is 12.5 Å². The summed E-state index contributed by atoms with van der Waals surface area (Å²) in [7, 11) is 0. The van der Waals surface area contributed by atoms with Gasteiger partial charge in [0.1, 0.15) is 5.75 Å². The second-order valence-electron chi connectivity index (χ2n) is 8.86. The summed E-state index contributed by atoms with van der Waals surface area (Å²) >= 11 is 0. The molecule has 0 aliphatic carbocycles. The first-order chi connectivity index (χ1) is 12.6. The standard InChI is InChI=1S/C12H14F4O.C11H16.CH4/c1-11(2,3)8-5-4-6-9(7-8)17-12(15,16)10(13)14;1-9-5-7-10(8-6-9)11(2,3)4;/h4-7,10H,1-3H3;5-8H,1-4H3;1H4. The molecule has 0 saturated heterocycles. The SMILES string of the molecule is C.CC(C)(C)c1cccc(OC(F)(F)C(F)F)c1.Cc1ccc(C(C)(C)C)cc1. The van der Waals surface area contributed by atoms with Gasteiger partial charge in [0.2, 0.25) is 0 Å². The number of halogens is 4. The van der Waals surface area contributed by atoms with Crippen molar-refractivity contribution < 1.29 is 22.3 Å². The molecule has 0 fully saturated rings. The largest absolute Gasteiger partial charge is 0.461 e. The lowest BCUT2D eigenvalue weighted by atomic mass is 9.87. The molecule has 0 saturated carbocycles. The van der Waals surface area contributed by atoms with Crippen LogP contribution in [0.4, 0.5) is 17.6 Å². The van der Waals surface area contributed by atoms with E-state index in [1.54, 1.807) is 6.07 Å². The lowest BCUT2D eigenvalue weighted by Crippen LogP contribution is -2.33. The molecule has 0 aliphatic rings. The van der Waals surface area contributed by atoms with Gasteiger partial charge in [0.05, 0.1) is 0 Å². The highest BCUT2D eigenvalue weighted by atomic mass is 19.3. The fourth-order valence-electron chi connectivity index (χ4n) is 2.28. The minimum Gasteiger partial charge on any atom is -0.428 e. The van der Waals surface area contributed by atoms with Crippen molar-refractivity contribution in [3.63, 3.8) is 0 Å². The summed E-state index contributed by atoms with van der Waals surface area (Å²) in [6.45, 7) is 14.5. The first-order valence-electron chi connectivity index (χ1n) is 9.15. The van der Waals surface area contributed by atoms with Crippen molar-refractivity contribution in [2.24, 2.45) is 0 Å². The Labute approximate surface area is 173 Å². The van der Waals surface area contributed by atoms with Crippen LogP contribution in [0.15, 0.2) is 48.5 Å². The van der Waals surface area contributed by atoms with Crippen LogP contribution < -0.4 is 4.74 Å². The highest BCUT2D eigenvalue weighted by Gasteiger charge is 2.44. The molecule has 2 aromatic carbocycles. The fourth-order valence-corrected chi connectivity index (χ4v) is 2.28. The Bertz CT molecular complexity index is 739. The second-order valence-corrected chi connectivity index (χ2v) is 8.86. The van der Waals surface area contributed by atoms with E-state index in [1.807, 2.05) is 20.8 Å². The zero-order valence-electron chi connectivity index (χ0n) is 17.6. The molecule has 29 heavy (non-hydrogen) atoms. The normalized spacial score (nSPS) is 12.0. The van der Waals surface area contributed by atoms with E-state index in [0.717, 1.165) is 5.56 Å². The number of alkyl halides is 4. The Hall–Kier alpha value is -2.04. The van der Waals surface area contributed by atoms with E-state index in [9.17, 15) is 17.6 Å². The Kier molecular flexibility index (Phi) is 9.42. The number of ether oxygens (including phenoxy) is 1. The highest BCUT2D eigenvalue weighted by Crippen LogP contribution is 2.30. The van der Waals surface area contributed by atoms with E-state index in [2.05, 4.69) is 56.7 Å². The first-order valence-corrected chi connectivity index (χ1v) is 9.15. The fraction of sp³-hybridized carbons (Fsp3) is 0.500. The lowest BCUT2D eigenvalue weighted by Gasteiger charge is -2.21. The van der Waals surface area contributed by atoms with Crippen molar-refractivity contribution in [1.29, 1.82) is 0 Å². The van der Waals surface area contributed by atoms with Gasteiger partial charge >= 0.3 is 12.5 Å². The summed E-state index contributed by atoms with van der Waals surface area (Å²) in [4.78, 5) is 0. The van der Waals surface area contributed by atoms with E-state index in [4.69, 9.17) is 0 Å². The monoisotopic (exact) mass is 414 g/mol. The molecule has 5 heteroatoms. The van der Waals surface area contributed by atoms with Gasteiger partial charge in [0, 0.05) is 0 Å². The predicted molar refractivity (Wildman–Crippen MR) is 113 cm³/mol. The van der Waals surface area contributed by atoms with Gasteiger partial charge < -0.3 is 4.74 Å². The van der Waals surface area contributed by atoms with Crippen LogP contribution in [0.2, 0.25) is 0 Å². The molecule has 0 radical (unpaired) electrons. The number of hydrogen-bond acceptors (Lipinski definition) is 1. The van der Waals surface area contributed by atoms with Crippen molar-refractivity contribution >= 4 is 0 Å². The summed E-state index contributed by atoms with van der Waals surface area (Å²) in [6.07, 6.45) is -8.31. The molecule has 0 heterocycles. The molecular weight excluding hydrogens is 380 g/mol. The molecule has 0 aromatic heterocycles. The van der Waals surface area contributed by atoms with Crippen molar-refractivity contribution in [3.05, 3.63) is 65.2 Å². The van der Waals surface area contributed by atoms with Gasteiger partial charge in [-0.2, -0.15) is 17.6 Å². The van der Waals surface area contributed by atoms with Gasteiger partial charge in [-0.1, -0.05) is 90.9 Å².